The Labute approximate surface area is 166 Å². The Morgan fingerprint density at radius 3 is 2.85 bits per heavy atom. The largest absolute Gasteiger partial charge is 0.284 e. The molecule has 0 saturated heterocycles. The molecular weight excluding hydrogens is 380 g/mol. The van der Waals surface area contributed by atoms with E-state index in [-0.39, 0.29) is 17.2 Å². The zero-order valence-corrected chi connectivity index (χ0v) is 17.0. The van der Waals surface area contributed by atoms with Crippen molar-refractivity contribution in [2.45, 2.75) is 55.3 Å². The van der Waals surface area contributed by atoms with Gasteiger partial charge in [0.25, 0.3) is 0 Å². The lowest BCUT2D eigenvalue weighted by molar-refractivity contribution is -0.118. The van der Waals surface area contributed by atoms with Gasteiger partial charge in [-0.25, -0.2) is 15.0 Å². The average molecular weight is 403 g/mol. The van der Waals surface area contributed by atoms with E-state index in [0.29, 0.717) is 0 Å². The van der Waals surface area contributed by atoms with E-state index in [1.165, 1.54) is 48.7 Å². The molecule has 1 saturated carbocycles. The van der Waals surface area contributed by atoms with Gasteiger partial charge < -0.3 is 0 Å². The van der Waals surface area contributed by atoms with Crippen LogP contribution >= 0.6 is 23.1 Å². The van der Waals surface area contributed by atoms with Crippen LogP contribution < -0.4 is 4.90 Å². The lowest BCUT2D eigenvalue weighted by atomic mass is 9.94. The van der Waals surface area contributed by atoms with Gasteiger partial charge >= 0.3 is 0 Å². The highest BCUT2D eigenvalue weighted by atomic mass is 32.2. The average Bonchev–Trinajstić information content (AvgIpc) is 3.34. The summed E-state index contributed by atoms with van der Waals surface area (Å²) in [5.74, 6) is 0.0949. The summed E-state index contributed by atoms with van der Waals surface area (Å²) in [6.45, 7) is 1.95. The molecule has 0 radical (unpaired) electrons. The first-order valence-electron chi connectivity index (χ1n) is 9.17. The number of thiazole rings is 1. The van der Waals surface area contributed by atoms with Crippen molar-refractivity contribution in [2.75, 3.05) is 4.90 Å². The van der Waals surface area contributed by atoms with Crippen molar-refractivity contribution in [3.05, 3.63) is 24.1 Å². The van der Waals surface area contributed by atoms with Gasteiger partial charge in [0, 0.05) is 24.7 Å². The molecule has 4 rings (SSSR count). The minimum atomic E-state index is -0.269. The van der Waals surface area contributed by atoms with Crippen molar-refractivity contribution < 1.29 is 4.79 Å². The van der Waals surface area contributed by atoms with Crippen molar-refractivity contribution >= 4 is 45.2 Å². The first-order chi connectivity index (χ1) is 13.1. The number of hydrogen-bond donors (Lipinski definition) is 0. The molecule has 0 unspecified atom stereocenters. The molecule has 0 spiro atoms. The highest BCUT2D eigenvalue weighted by Crippen LogP contribution is 2.33. The molecule has 3 aromatic rings. The lowest BCUT2D eigenvalue weighted by Crippen LogP contribution is -2.45. The zero-order valence-electron chi connectivity index (χ0n) is 15.4. The fraction of sp³-hybridized carbons (Fsp3) is 0.500. The van der Waals surface area contributed by atoms with Crippen LogP contribution in [-0.4, -0.2) is 41.9 Å². The quantitative estimate of drug-likeness (QED) is 0.479. The topological polar surface area (TPSA) is 76.8 Å². The highest BCUT2D eigenvalue weighted by Gasteiger charge is 2.32. The summed E-state index contributed by atoms with van der Waals surface area (Å²) in [6, 6.07) is 0.240. The first kappa shape index (κ1) is 18.4. The van der Waals surface area contributed by atoms with E-state index in [1.54, 1.807) is 17.1 Å². The Morgan fingerprint density at radius 1 is 1.30 bits per heavy atom. The molecule has 1 atom stereocenters. The van der Waals surface area contributed by atoms with E-state index in [0.717, 1.165) is 34.0 Å². The Morgan fingerprint density at radius 2 is 2.11 bits per heavy atom. The molecule has 0 aliphatic heterocycles. The van der Waals surface area contributed by atoms with E-state index in [1.807, 2.05) is 24.3 Å². The maximum absolute atomic E-state index is 13.4. The third kappa shape index (κ3) is 3.70. The SMILES string of the molecule is C[C@H](Sc1ncnc2c1cnn2C)C(=O)N(c1nccs1)C1CCCCC1. The smallest absolute Gasteiger partial charge is 0.242 e. The van der Waals surface area contributed by atoms with Crippen molar-refractivity contribution in [2.24, 2.45) is 7.05 Å². The molecule has 0 bridgehead atoms. The molecule has 7 nitrogen and oxygen atoms in total. The number of amides is 1. The second-order valence-corrected chi connectivity index (χ2v) is 8.96. The molecule has 3 aromatic heterocycles. The van der Waals surface area contributed by atoms with Crippen LogP contribution in [0, 0.1) is 0 Å². The van der Waals surface area contributed by atoms with E-state index < -0.39 is 0 Å². The number of rotatable bonds is 5. The Hall–Kier alpha value is -2.00. The van der Waals surface area contributed by atoms with Crippen LogP contribution in [0.25, 0.3) is 11.0 Å². The number of fused-ring (bicyclic) bond motifs is 1. The first-order valence-corrected chi connectivity index (χ1v) is 10.9. The number of carbonyl (C=O) groups is 1. The Bertz CT molecular complexity index is 919. The zero-order chi connectivity index (χ0) is 18.8. The van der Waals surface area contributed by atoms with Crippen molar-refractivity contribution in [1.82, 2.24) is 24.7 Å². The molecule has 0 aromatic carbocycles. The fourth-order valence-corrected chi connectivity index (χ4v) is 5.20. The summed E-state index contributed by atoms with van der Waals surface area (Å²) in [5, 5.41) is 8.38. The van der Waals surface area contributed by atoms with Crippen LogP contribution in [0.4, 0.5) is 5.13 Å². The van der Waals surface area contributed by atoms with E-state index in [4.69, 9.17) is 0 Å². The van der Waals surface area contributed by atoms with Gasteiger partial charge in [-0.05, 0) is 19.8 Å². The van der Waals surface area contributed by atoms with Crippen LogP contribution in [0.2, 0.25) is 0 Å². The van der Waals surface area contributed by atoms with Crippen molar-refractivity contribution in [1.29, 1.82) is 0 Å². The van der Waals surface area contributed by atoms with Crippen molar-refractivity contribution in [3.8, 4) is 0 Å². The van der Waals surface area contributed by atoms with Gasteiger partial charge in [-0.2, -0.15) is 5.10 Å². The molecule has 9 heteroatoms. The maximum Gasteiger partial charge on any atom is 0.242 e. The monoisotopic (exact) mass is 402 g/mol. The van der Waals surface area contributed by atoms with Gasteiger partial charge in [-0.3, -0.25) is 14.4 Å². The molecular formula is C18H22N6OS2. The molecule has 1 aliphatic rings. The number of hydrogen-bond acceptors (Lipinski definition) is 7. The van der Waals surface area contributed by atoms with Crippen LogP contribution in [0.1, 0.15) is 39.0 Å². The van der Waals surface area contributed by atoms with Gasteiger partial charge in [0.1, 0.15) is 11.4 Å². The van der Waals surface area contributed by atoms with Crippen LogP contribution in [0.5, 0.6) is 0 Å². The third-order valence-electron chi connectivity index (χ3n) is 4.93. The number of thioether (sulfide) groups is 1. The van der Waals surface area contributed by atoms with Gasteiger partial charge in [-0.15, -0.1) is 11.3 Å². The molecule has 0 N–H and O–H groups in total. The van der Waals surface area contributed by atoms with Gasteiger partial charge in [-0.1, -0.05) is 31.0 Å². The minimum absolute atomic E-state index is 0.0949. The van der Waals surface area contributed by atoms with Gasteiger partial charge in [0.2, 0.25) is 5.91 Å². The molecule has 1 amide bonds. The van der Waals surface area contributed by atoms with E-state index in [2.05, 4.69) is 20.1 Å². The summed E-state index contributed by atoms with van der Waals surface area (Å²) in [4.78, 5) is 28.4. The van der Waals surface area contributed by atoms with Crippen LogP contribution in [0.15, 0.2) is 29.1 Å². The number of nitrogens with zero attached hydrogens (tertiary/aromatic N) is 6. The van der Waals surface area contributed by atoms with Crippen LogP contribution in [-0.2, 0) is 11.8 Å². The predicted octanol–water partition coefficient (Wildman–Crippen LogP) is 3.67. The van der Waals surface area contributed by atoms with Gasteiger partial charge in [0.05, 0.1) is 16.8 Å². The number of anilines is 1. The maximum atomic E-state index is 13.4. The fourth-order valence-electron chi connectivity index (χ4n) is 3.55. The second-order valence-electron chi connectivity index (χ2n) is 6.76. The van der Waals surface area contributed by atoms with E-state index in [9.17, 15) is 4.79 Å². The summed E-state index contributed by atoms with van der Waals surface area (Å²) in [5.41, 5.74) is 0.774. The second kappa shape index (κ2) is 7.93. The number of aromatic nitrogens is 5. The number of aryl methyl sites for hydroxylation is 1. The molecule has 1 fully saturated rings. The standard InChI is InChI=1S/C18H22N6OS2/c1-12(27-16-14-10-22-23(2)15(14)20-11-21-16)17(25)24(18-19-8-9-26-18)13-6-4-3-5-7-13/h8-13H,3-7H2,1-2H3/t12-/m0/s1. The molecule has 3 heterocycles. The third-order valence-corrected chi connectivity index (χ3v) is 6.81. The summed E-state index contributed by atoms with van der Waals surface area (Å²) in [6.07, 6.45) is 10.7. The molecule has 27 heavy (non-hydrogen) atoms. The Kier molecular flexibility index (Phi) is 5.40. The van der Waals surface area contributed by atoms with Gasteiger partial charge in [0.15, 0.2) is 10.8 Å². The molecule has 142 valence electrons. The summed E-state index contributed by atoms with van der Waals surface area (Å²) in [7, 11) is 1.85. The predicted molar refractivity (Wildman–Crippen MR) is 108 cm³/mol. The van der Waals surface area contributed by atoms with Crippen LogP contribution in [0.3, 0.4) is 0 Å². The normalized spacial score (nSPS) is 16.5. The van der Waals surface area contributed by atoms with E-state index >= 15 is 0 Å². The molecule has 1 aliphatic carbocycles. The summed E-state index contributed by atoms with van der Waals surface area (Å²) < 4.78 is 1.72. The van der Waals surface area contributed by atoms with Crippen molar-refractivity contribution in [3.63, 3.8) is 0 Å². The lowest BCUT2D eigenvalue weighted by Gasteiger charge is -2.34. The minimum Gasteiger partial charge on any atom is -0.284 e. The summed E-state index contributed by atoms with van der Waals surface area (Å²) >= 11 is 2.99. The number of carbonyl (C=O) groups excluding carboxylic acids is 1. The highest BCUT2D eigenvalue weighted by molar-refractivity contribution is 8.00. The Balaban J connectivity index is 1.58.